The van der Waals surface area contributed by atoms with E-state index in [1.54, 1.807) is 36.1 Å². The van der Waals surface area contributed by atoms with Gasteiger partial charge in [0.25, 0.3) is 5.91 Å². The van der Waals surface area contributed by atoms with Gasteiger partial charge in [0.2, 0.25) is 0 Å². The number of hydrogen-bond acceptors (Lipinski definition) is 3. The number of halogens is 4. The van der Waals surface area contributed by atoms with E-state index in [4.69, 9.17) is 0 Å². The second kappa shape index (κ2) is 11.0. The number of hydrogen-bond donors (Lipinski definition) is 0. The molecule has 3 aromatic carbocycles. The third-order valence-electron chi connectivity index (χ3n) is 6.21. The van der Waals surface area contributed by atoms with Crippen LogP contribution in [0.5, 0.6) is 0 Å². The predicted molar refractivity (Wildman–Crippen MR) is 136 cm³/mol. The maximum Gasteiger partial charge on any atom is 0.416 e. The predicted octanol–water partition coefficient (Wildman–Crippen LogP) is 6.84. The van der Waals surface area contributed by atoms with Crippen LogP contribution in [-0.2, 0) is 29.0 Å². The van der Waals surface area contributed by atoms with Crippen molar-refractivity contribution >= 4 is 15.7 Å². The third-order valence-corrected chi connectivity index (χ3v) is 7.32. The van der Waals surface area contributed by atoms with Crippen LogP contribution in [-0.4, -0.2) is 32.0 Å². The highest BCUT2D eigenvalue weighted by molar-refractivity contribution is 7.90. The van der Waals surface area contributed by atoms with Crippen LogP contribution in [0.25, 0.3) is 11.1 Å². The van der Waals surface area contributed by atoms with Crippen molar-refractivity contribution in [1.29, 1.82) is 0 Å². The van der Waals surface area contributed by atoms with E-state index in [1.807, 2.05) is 13.8 Å². The van der Waals surface area contributed by atoms with Crippen LogP contribution < -0.4 is 0 Å². The van der Waals surface area contributed by atoms with Gasteiger partial charge in [-0.15, -0.1) is 0 Å². The van der Waals surface area contributed by atoms with Crippen molar-refractivity contribution in [3.63, 3.8) is 0 Å². The van der Waals surface area contributed by atoms with Crippen LogP contribution in [0.3, 0.4) is 0 Å². The van der Waals surface area contributed by atoms with Crippen LogP contribution in [0.1, 0.15) is 52.9 Å². The van der Waals surface area contributed by atoms with Gasteiger partial charge in [-0.05, 0) is 72.4 Å². The van der Waals surface area contributed by atoms with Gasteiger partial charge >= 0.3 is 6.18 Å². The highest BCUT2D eigenvalue weighted by Crippen LogP contribution is 2.33. The molecule has 0 saturated carbocycles. The lowest BCUT2D eigenvalue weighted by Crippen LogP contribution is -2.32. The van der Waals surface area contributed by atoms with Gasteiger partial charge in [0.1, 0.15) is 10.7 Å². The van der Waals surface area contributed by atoms with Crippen molar-refractivity contribution in [3.05, 3.63) is 88.2 Å². The molecule has 9 heteroatoms. The first-order valence-corrected chi connectivity index (χ1v) is 13.7. The minimum atomic E-state index is -4.47. The lowest BCUT2D eigenvalue weighted by atomic mass is 9.97. The van der Waals surface area contributed by atoms with Gasteiger partial charge in [-0.1, -0.05) is 38.1 Å². The first-order chi connectivity index (χ1) is 17.3. The number of rotatable bonds is 8. The quantitative estimate of drug-likeness (QED) is 0.297. The van der Waals surface area contributed by atoms with Crippen LogP contribution in [0, 0.1) is 12.7 Å². The molecule has 198 valence electrons. The highest BCUT2D eigenvalue weighted by Gasteiger charge is 2.30. The lowest BCUT2D eigenvalue weighted by Gasteiger charge is -2.25. The molecule has 0 unspecified atom stereocenters. The van der Waals surface area contributed by atoms with Gasteiger partial charge < -0.3 is 4.90 Å². The smallest absolute Gasteiger partial charge is 0.334 e. The molecule has 0 spiro atoms. The molecular formula is C28H29F4NO3S. The van der Waals surface area contributed by atoms with Crippen molar-refractivity contribution in [3.8, 4) is 11.1 Å². The summed E-state index contributed by atoms with van der Waals surface area (Å²) in [6.45, 7) is 5.89. The molecule has 3 aromatic rings. The SMILES string of the molecule is CCCN(Cc1cc(-c2cccc(C(F)(F)F)c2)ccc1C)C(=O)c1ccc(S(C)(=O)=O)c(F)c1CC. The Morgan fingerprint density at radius 2 is 1.65 bits per heavy atom. The summed E-state index contributed by atoms with van der Waals surface area (Å²) < 4.78 is 78.6. The summed E-state index contributed by atoms with van der Waals surface area (Å²) in [6, 6.07) is 12.8. The fourth-order valence-corrected chi connectivity index (χ4v) is 4.99. The van der Waals surface area contributed by atoms with E-state index in [9.17, 15) is 26.4 Å². The van der Waals surface area contributed by atoms with E-state index in [2.05, 4.69) is 0 Å². The topological polar surface area (TPSA) is 54.5 Å². The average molecular weight is 536 g/mol. The second-order valence-corrected chi connectivity index (χ2v) is 11.0. The highest BCUT2D eigenvalue weighted by atomic mass is 32.2. The molecule has 0 aromatic heterocycles. The molecule has 0 aliphatic carbocycles. The van der Waals surface area contributed by atoms with E-state index in [1.165, 1.54) is 12.1 Å². The van der Waals surface area contributed by atoms with Gasteiger partial charge in [0, 0.05) is 30.5 Å². The third kappa shape index (κ3) is 6.39. The summed E-state index contributed by atoms with van der Waals surface area (Å²) in [6.07, 6.45) is -2.81. The molecule has 3 rings (SSSR count). The molecule has 1 amide bonds. The van der Waals surface area contributed by atoms with Gasteiger partial charge in [0.05, 0.1) is 5.56 Å². The number of benzene rings is 3. The molecule has 0 heterocycles. The van der Waals surface area contributed by atoms with Crippen molar-refractivity contribution in [2.45, 2.75) is 51.2 Å². The molecule has 0 N–H and O–H groups in total. The molecule has 0 aliphatic heterocycles. The molecule has 0 radical (unpaired) electrons. The first kappa shape index (κ1) is 28.4. The molecule has 0 saturated heterocycles. The second-order valence-electron chi connectivity index (χ2n) is 8.98. The van der Waals surface area contributed by atoms with Crippen molar-refractivity contribution < 1.29 is 30.8 Å². The Hall–Kier alpha value is -3.20. The summed E-state index contributed by atoms with van der Waals surface area (Å²) in [5.74, 6) is -1.36. The molecule has 0 fully saturated rings. The number of sulfone groups is 1. The zero-order valence-corrected chi connectivity index (χ0v) is 21.9. The Kier molecular flexibility index (Phi) is 8.47. The van der Waals surface area contributed by atoms with E-state index in [-0.39, 0.29) is 24.1 Å². The van der Waals surface area contributed by atoms with Gasteiger partial charge in [0.15, 0.2) is 9.84 Å². The number of aryl methyl sites for hydroxylation is 1. The molecule has 0 atom stereocenters. The minimum absolute atomic E-state index is 0.0310. The summed E-state index contributed by atoms with van der Waals surface area (Å²) in [7, 11) is -3.81. The molecule has 4 nitrogen and oxygen atoms in total. The van der Waals surface area contributed by atoms with E-state index in [0.717, 1.165) is 35.6 Å². The lowest BCUT2D eigenvalue weighted by molar-refractivity contribution is -0.137. The maximum absolute atomic E-state index is 15.1. The molecule has 0 aliphatic rings. The van der Waals surface area contributed by atoms with Crippen molar-refractivity contribution in [1.82, 2.24) is 4.90 Å². The van der Waals surface area contributed by atoms with Crippen LogP contribution in [0.4, 0.5) is 17.6 Å². The Labute approximate surface area is 214 Å². The van der Waals surface area contributed by atoms with Crippen LogP contribution in [0.2, 0.25) is 0 Å². The Bertz CT molecular complexity index is 1420. The van der Waals surface area contributed by atoms with Gasteiger partial charge in [-0.2, -0.15) is 13.2 Å². The average Bonchev–Trinajstić information content (AvgIpc) is 2.83. The number of nitrogens with zero attached hydrogens (tertiary/aromatic N) is 1. The summed E-state index contributed by atoms with van der Waals surface area (Å²) in [5.41, 5.74) is 1.93. The Morgan fingerprint density at radius 1 is 0.973 bits per heavy atom. The number of carbonyl (C=O) groups excluding carboxylic acids is 1. The first-order valence-electron chi connectivity index (χ1n) is 11.9. The monoisotopic (exact) mass is 535 g/mol. The number of carbonyl (C=O) groups is 1. The largest absolute Gasteiger partial charge is 0.416 e. The molecular weight excluding hydrogens is 506 g/mol. The zero-order chi connectivity index (χ0) is 27.5. The zero-order valence-electron chi connectivity index (χ0n) is 21.1. The fraction of sp³-hybridized carbons (Fsp3) is 0.321. The van der Waals surface area contributed by atoms with Crippen molar-refractivity contribution in [2.24, 2.45) is 0 Å². The van der Waals surface area contributed by atoms with E-state index in [0.29, 0.717) is 24.1 Å². The fourth-order valence-electron chi connectivity index (χ4n) is 4.23. The van der Waals surface area contributed by atoms with Crippen molar-refractivity contribution in [2.75, 3.05) is 12.8 Å². The standard InChI is InChI=1S/C28H29F4NO3S/c1-5-14-33(27(34)24-12-13-25(37(4,35)36)26(29)23(24)6-2)17-21-15-20(11-10-18(21)3)19-8-7-9-22(16-19)28(30,31)32/h7-13,15-16H,5-6,14,17H2,1-4H3. The van der Waals surface area contributed by atoms with Crippen LogP contribution >= 0.6 is 0 Å². The Balaban J connectivity index is 2.00. The summed E-state index contributed by atoms with van der Waals surface area (Å²) >= 11 is 0. The summed E-state index contributed by atoms with van der Waals surface area (Å²) in [5, 5.41) is 0. The van der Waals surface area contributed by atoms with E-state index >= 15 is 4.39 Å². The molecule has 37 heavy (non-hydrogen) atoms. The maximum atomic E-state index is 15.1. The summed E-state index contributed by atoms with van der Waals surface area (Å²) in [4.78, 5) is 14.6. The van der Waals surface area contributed by atoms with Crippen LogP contribution in [0.15, 0.2) is 59.5 Å². The Morgan fingerprint density at radius 3 is 2.24 bits per heavy atom. The van der Waals surface area contributed by atoms with Gasteiger partial charge in [-0.25, -0.2) is 12.8 Å². The minimum Gasteiger partial charge on any atom is -0.334 e. The number of amides is 1. The molecule has 0 bridgehead atoms. The van der Waals surface area contributed by atoms with Gasteiger partial charge in [-0.3, -0.25) is 4.79 Å². The number of alkyl halides is 3. The normalized spacial score (nSPS) is 12.0. The van der Waals surface area contributed by atoms with E-state index < -0.39 is 38.2 Å².